The van der Waals surface area contributed by atoms with Gasteiger partial charge < -0.3 is 10.6 Å². The van der Waals surface area contributed by atoms with Gasteiger partial charge in [-0.2, -0.15) is 0 Å². The third kappa shape index (κ3) is 5.94. The fraction of sp³-hybridized carbons (Fsp3) is 0.579. The van der Waals surface area contributed by atoms with Crippen LogP contribution in [0.4, 0.5) is 5.69 Å². The summed E-state index contributed by atoms with van der Waals surface area (Å²) < 4.78 is 0. The molecule has 0 bridgehead atoms. The first-order valence-corrected chi connectivity index (χ1v) is 9.17. The average Bonchev–Trinajstić information content (AvgIpc) is 2.54. The number of carbonyl (C=O) groups excluding carboxylic acids is 1. The van der Waals surface area contributed by atoms with Crippen molar-refractivity contribution in [3.8, 4) is 0 Å². The fourth-order valence-electron chi connectivity index (χ4n) is 3.27. The average molecular weight is 333 g/mol. The van der Waals surface area contributed by atoms with Crippen LogP contribution in [0, 0.1) is 5.92 Å². The molecule has 3 nitrogen and oxygen atoms in total. The minimum Gasteiger partial charge on any atom is -0.332 e. The zero-order valence-electron chi connectivity index (χ0n) is 14.2. The lowest BCUT2D eigenvalue weighted by Gasteiger charge is -2.21. The van der Waals surface area contributed by atoms with Gasteiger partial charge >= 0.3 is 0 Å². The van der Waals surface area contributed by atoms with Gasteiger partial charge in [0.05, 0.1) is 0 Å². The molecule has 0 aromatic heterocycles. The Hall–Kier alpha value is -1.42. The van der Waals surface area contributed by atoms with Gasteiger partial charge in [-0.05, 0) is 42.1 Å². The summed E-state index contributed by atoms with van der Waals surface area (Å²) in [6.45, 7) is 4.29. The summed E-state index contributed by atoms with van der Waals surface area (Å²) in [6, 6.07) is 8.07. The predicted molar refractivity (Wildman–Crippen MR) is 101 cm³/mol. The third-order valence-electron chi connectivity index (χ3n) is 4.59. The summed E-state index contributed by atoms with van der Waals surface area (Å²) in [5.74, 6) is 1.15. The van der Waals surface area contributed by atoms with Crippen molar-refractivity contribution >= 4 is 28.9 Å². The Morgan fingerprint density at radius 3 is 2.61 bits per heavy atom. The third-order valence-corrected chi connectivity index (χ3v) is 4.79. The highest BCUT2D eigenvalue weighted by Gasteiger charge is 2.15. The maximum absolute atomic E-state index is 12.1. The van der Waals surface area contributed by atoms with E-state index in [2.05, 4.69) is 30.5 Å². The van der Waals surface area contributed by atoms with Crippen LogP contribution in [0.25, 0.3) is 0 Å². The molecule has 0 aliphatic heterocycles. The Balaban J connectivity index is 1.79. The van der Waals surface area contributed by atoms with Crippen LogP contribution in [-0.2, 0) is 4.79 Å². The Kier molecular flexibility index (Phi) is 7.03. The molecule has 1 aliphatic rings. The van der Waals surface area contributed by atoms with Crippen LogP contribution < -0.4 is 10.6 Å². The monoisotopic (exact) mass is 332 g/mol. The molecule has 0 atom stereocenters. The molecule has 0 saturated heterocycles. The molecular formula is C19H28N2OS. The summed E-state index contributed by atoms with van der Waals surface area (Å²) in [4.78, 5) is 12.1. The van der Waals surface area contributed by atoms with E-state index in [1.54, 1.807) is 0 Å². The molecule has 1 saturated carbocycles. The van der Waals surface area contributed by atoms with Gasteiger partial charge in [0, 0.05) is 12.1 Å². The second-order valence-corrected chi connectivity index (χ2v) is 7.20. The first-order chi connectivity index (χ1) is 11.1. The molecule has 1 aliphatic carbocycles. The van der Waals surface area contributed by atoms with E-state index < -0.39 is 0 Å². The van der Waals surface area contributed by atoms with Crippen LogP contribution in [-0.4, -0.2) is 11.0 Å². The first-order valence-electron chi connectivity index (χ1n) is 8.76. The van der Waals surface area contributed by atoms with Crippen molar-refractivity contribution in [1.29, 1.82) is 0 Å². The highest BCUT2D eigenvalue weighted by molar-refractivity contribution is 7.80. The molecule has 126 valence electrons. The van der Waals surface area contributed by atoms with E-state index in [4.69, 9.17) is 12.2 Å². The van der Waals surface area contributed by atoms with Gasteiger partial charge in [-0.1, -0.05) is 64.2 Å². The first kappa shape index (κ1) is 17.9. The minimum atomic E-state index is 0.0232. The normalized spacial score (nSPS) is 15.4. The minimum absolute atomic E-state index is 0.0232. The van der Waals surface area contributed by atoms with E-state index in [1.807, 2.05) is 18.2 Å². The molecule has 1 amide bonds. The second kappa shape index (κ2) is 9.02. The van der Waals surface area contributed by atoms with Gasteiger partial charge in [0.15, 0.2) is 5.11 Å². The maximum Gasteiger partial charge on any atom is 0.226 e. The molecule has 2 N–H and O–H groups in total. The van der Waals surface area contributed by atoms with Crippen molar-refractivity contribution in [3.63, 3.8) is 0 Å². The van der Waals surface area contributed by atoms with Gasteiger partial charge in [0.1, 0.15) is 0 Å². The number of rotatable bonds is 5. The number of anilines is 1. The van der Waals surface area contributed by atoms with Crippen LogP contribution in [0.5, 0.6) is 0 Å². The Labute approximate surface area is 145 Å². The lowest BCUT2D eigenvalue weighted by Crippen LogP contribution is -2.34. The van der Waals surface area contributed by atoms with Crippen molar-refractivity contribution in [2.45, 2.75) is 64.7 Å². The standard InChI is InChI=1S/C19H28N2OS/c1-14(2)16-10-6-7-11-17(16)20-19(23)21-18(22)13-12-15-8-4-3-5-9-15/h6-7,10-11,14-15H,3-5,8-9,12-13H2,1-2H3,(H2,20,21,22,23). The van der Waals surface area contributed by atoms with Gasteiger partial charge in [-0.25, -0.2) is 0 Å². The number of hydrogen-bond donors (Lipinski definition) is 2. The number of nitrogens with one attached hydrogen (secondary N) is 2. The summed E-state index contributed by atoms with van der Waals surface area (Å²) in [5.41, 5.74) is 2.17. The summed E-state index contributed by atoms with van der Waals surface area (Å²) in [5, 5.41) is 6.37. The van der Waals surface area contributed by atoms with E-state index in [9.17, 15) is 4.79 Å². The van der Waals surface area contributed by atoms with Crippen molar-refractivity contribution in [2.24, 2.45) is 5.92 Å². The largest absolute Gasteiger partial charge is 0.332 e. The van der Waals surface area contributed by atoms with Crippen LogP contribution >= 0.6 is 12.2 Å². The van der Waals surface area contributed by atoms with Gasteiger partial charge in [-0.15, -0.1) is 0 Å². The van der Waals surface area contributed by atoms with E-state index in [0.29, 0.717) is 17.5 Å². The molecule has 1 aromatic rings. The van der Waals surface area contributed by atoms with Gasteiger partial charge in [0.25, 0.3) is 0 Å². The van der Waals surface area contributed by atoms with Crippen LogP contribution in [0.15, 0.2) is 24.3 Å². The lowest BCUT2D eigenvalue weighted by atomic mass is 9.86. The number of thiocarbonyl (C=S) groups is 1. The molecule has 0 unspecified atom stereocenters. The highest BCUT2D eigenvalue weighted by Crippen LogP contribution is 2.27. The van der Waals surface area contributed by atoms with Crippen molar-refractivity contribution in [1.82, 2.24) is 5.32 Å². The second-order valence-electron chi connectivity index (χ2n) is 6.79. The van der Waals surface area contributed by atoms with Gasteiger partial charge in [0.2, 0.25) is 5.91 Å². The summed E-state index contributed by atoms with van der Waals surface area (Å²) in [7, 11) is 0. The molecule has 0 heterocycles. The molecule has 2 rings (SSSR count). The lowest BCUT2D eigenvalue weighted by molar-refractivity contribution is -0.120. The number of para-hydroxylation sites is 1. The molecule has 0 radical (unpaired) electrons. The summed E-state index contributed by atoms with van der Waals surface area (Å²) >= 11 is 5.29. The topological polar surface area (TPSA) is 41.1 Å². The number of amides is 1. The fourth-order valence-corrected chi connectivity index (χ4v) is 3.49. The summed E-state index contributed by atoms with van der Waals surface area (Å²) in [6.07, 6.45) is 8.09. The molecule has 23 heavy (non-hydrogen) atoms. The molecule has 1 aromatic carbocycles. The Bertz CT molecular complexity index is 536. The zero-order chi connectivity index (χ0) is 16.7. The number of carbonyl (C=O) groups is 1. The van der Waals surface area contributed by atoms with Gasteiger partial charge in [-0.3, -0.25) is 4.79 Å². The zero-order valence-corrected chi connectivity index (χ0v) is 15.0. The predicted octanol–water partition coefficient (Wildman–Crippen LogP) is 4.98. The molecule has 0 spiro atoms. The van der Waals surface area contributed by atoms with E-state index in [-0.39, 0.29) is 5.91 Å². The van der Waals surface area contributed by atoms with Crippen LogP contribution in [0.3, 0.4) is 0 Å². The molecule has 1 fully saturated rings. The number of hydrogen-bond acceptors (Lipinski definition) is 2. The van der Waals surface area contributed by atoms with Crippen molar-refractivity contribution in [3.05, 3.63) is 29.8 Å². The Morgan fingerprint density at radius 1 is 1.22 bits per heavy atom. The van der Waals surface area contributed by atoms with E-state index in [0.717, 1.165) is 18.0 Å². The van der Waals surface area contributed by atoms with Crippen molar-refractivity contribution in [2.75, 3.05) is 5.32 Å². The van der Waals surface area contributed by atoms with Crippen LogP contribution in [0.1, 0.15) is 70.3 Å². The maximum atomic E-state index is 12.1. The van der Waals surface area contributed by atoms with Crippen molar-refractivity contribution < 1.29 is 4.79 Å². The smallest absolute Gasteiger partial charge is 0.226 e. The molecule has 4 heteroatoms. The van der Waals surface area contributed by atoms with E-state index >= 15 is 0 Å². The van der Waals surface area contributed by atoms with Crippen LogP contribution in [0.2, 0.25) is 0 Å². The SMILES string of the molecule is CC(C)c1ccccc1NC(=S)NC(=O)CCC1CCCCC1. The quantitative estimate of drug-likeness (QED) is 0.747. The number of benzene rings is 1. The van der Waals surface area contributed by atoms with E-state index in [1.165, 1.54) is 37.7 Å². The highest BCUT2D eigenvalue weighted by atomic mass is 32.1. The Morgan fingerprint density at radius 2 is 1.91 bits per heavy atom. The molecular weight excluding hydrogens is 304 g/mol.